The Labute approximate surface area is 108 Å². The number of hydrogen-bond acceptors (Lipinski definition) is 3. The molecular weight excluding hydrogens is 231 g/mol. The maximum atomic E-state index is 13.6. The van der Waals surface area contributed by atoms with Crippen LogP contribution in [0.25, 0.3) is 0 Å². The molecule has 1 aliphatic rings. The minimum Gasteiger partial charge on any atom is -0.490 e. The van der Waals surface area contributed by atoms with Crippen LogP contribution < -0.4 is 15.8 Å². The van der Waals surface area contributed by atoms with E-state index in [4.69, 9.17) is 10.5 Å². The number of anilines is 2. The van der Waals surface area contributed by atoms with Gasteiger partial charge in [0, 0.05) is 18.7 Å². The largest absolute Gasteiger partial charge is 0.490 e. The highest BCUT2D eigenvalue weighted by Gasteiger charge is 2.36. The summed E-state index contributed by atoms with van der Waals surface area (Å²) in [5.74, 6) is -0.126. The molecule has 18 heavy (non-hydrogen) atoms. The molecule has 3 N–H and O–H groups in total. The van der Waals surface area contributed by atoms with Gasteiger partial charge in [-0.3, -0.25) is 0 Å². The highest BCUT2D eigenvalue weighted by atomic mass is 19.1. The molecule has 0 unspecified atom stereocenters. The van der Waals surface area contributed by atoms with Crippen LogP contribution in [0.3, 0.4) is 0 Å². The zero-order chi connectivity index (χ0) is 13.2. The highest BCUT2D eigenvalue weighted by Crippen LogP contribution is 2.45. The topological polar surface area (TPSA) is 47.3 Å². The first-order chi connectivity index (χ1) is 8.54. The van der Waals surface area contributed by atoms with Gasteiger partial charge in [0.25, 0.3) is 0 Å². The second-order valence-electron chi connectivity index (χ2n) is 5.38. The lowest BCUT2D eigenvalue weighted by Gasteiger charge is -2.15. The molecule has 1 aromatic rings. The average Bonchev–Trinajstić information content (AvgIpc) is 3.05. The van der Waals surface area contributed by atoms with E-state index in [9.17, 15) is 4.39 Å². The summed E-state index contributed by atoms with van der Waals surface area (Å²) < 4.78 is 19.0. The number of nitrogens with two attached hydrogens (primary N) is 1. The van der Waals surface area contributed by atoms with Gasteiger partial charge in [-0.15, -0.1) is 0 Å². The molecule has 1 fully saturated rings. The Kier molecular flexibility index (Phi) is 3.64. The fourth-order valence-corrected chi connectivity index (χ4v) is 1.74. The standard InChI is InChI=1S/C14H21FN2O/c1-3-6-18-13-8-12(11(16)7-10(13)15)17-9-14(2)4-5-14/h7-8,17H,3-6,9,16H2,1-2H3. The molecular formula is C14H21FN2O. The highest BCUT2D eigenvalue weighted by molar-refractivity contribution is 5.68. The molecule has 0 bridgehead atoms. The van der Waals surface area contributed by atoms with Crippen LogP contribution in [0, 0.1) is 11.2 Å². The summed E-state index contributed by atoms with van der Waals surface area (Å²) in [5.41, 5.74) is 7.38. The normalized spacial score (nSPS) is 16.4. The third kappa shape index (κ3) is 3.06. The lowest BCUT2D eigenvalue weighted by atomic mass is 10.1. The molecule has 0 radical (unpaired) electrons. The molecule has 0 saturated heterocycles. The van der Waals surface area contributed by atoms with Crippen molar-refractivity contribution >= 4 is 11.4 Å². The predicted molar refractivity (Wildman–Crippen MR) is 72.4 cm³/mol. The number of nitrogens with one attached hydrogen (secondary N) is 1. The average molecular weight is 252 g/mol. The van der Waals surface area contributed by atoms with E-state index in [1.165, 1.54) is 18.9 Å². The summed E-state index contributed by atoms with van der Waals surface area (Å²) in [6, 6.07) is 2.98. The van der Waals surface area contributed by atoms with Crippen LogP contribution in [0.5, 0.6) is 5.75 Å². The summed E-state index contributed by atoms with van der Waals surface area (Å²) in [7, 11) is 0. The summed E-state index contributed by atoms with van der Waals surface area (Å²) in [5, 5.41) is 3.29. The van der Waals surface area contributed by atoms with Crippen molar-refractivity contribution in [1.29, 1.82) is 0 Å². The van der Waals surface area contributed by atoms with E-state index in [-0.39, 0.29) is 5.75 Å². The first kappa shape index (κ1) is 13.0. The molecule has 1 saturated carbocycles. The smallest absolute Gasteiger partial charge is 0.167 e. The Morgan fingerprint density at radius 1 is 1.44 bits per heavy atom. The maximum absolute atomic E-state index is 13.6. The third-order valence-corrected chi connectivity index (χ3v) is 3.37. The van der Waals surface area contributed by atoms with E-state index in [2.05, 4.69) is 12.2 Å². The van der Waals surface area contributed by atoms with E-state index < -0.39 is 5.82 Å². The van der Waals surface area contributed by atoms with Crippen LogP contribution in [-0.2, 0) is 0 Å². The van der Waals surface area contributed by atoms with Crippen LogP contribution in [0.4, 0.5) is 15.8 Å². The summed E-state index contributed by atoms with van der Waals surface area (Å²) in [6.07, 6.45) is 3.32. The molecule has 0 aromatic heterocycles. The molecule has 0 aliphatic heterocycles. The molecule has 0 spiro atoms. The van der Waals surface area contributed by atoms with Gasteiger partial charge in [-0.1, -0.05) is 13.8 Å². The van der Waals surface area contributed by atoms with Crippen molar-refractivity contribution in [3.05, 3.63) is 17.9 Å². The lowest BCUT2D eigenvalue weighted by molar-refractivity contribution is 0.301. The number of nitrogen functional groups attached to an aromatic ring is 1. The molecule has 1 aromatic carbocycles. The number of rotatable bonds is 6. The zero-order valence-electron chi connectivity index (χ0n) is 11.1. The third-order valence-electron chi connectivity index (χ3n) is 3.37. The van der Waals surface area contributed by atoms with Crippen molar-refractivity contribution in [1.82, 2.24) is 0 Å². The van der Waals surface area contributed by atoms with E-state index in [0.29, 0.717) is 17.7 Å². The van der Waals surface area contributed by atoms with Gasteiger partial charge in [-0.05, 0) is 24.7 Å². The summed E-state index contributed by atoms with van der Waals surface area (Å²) >= 11 is 0. The first-order valence-electron chi connectivity index (χ1n) is 6.50. The van der Waals surface area contributed by atoms with Gasteiger partial charge in [0.1, 0.15) is 0 Å². The van der Waals surface area contributed by atoms with E-state index >= 15 is 0 Å². The van der Waals surface area contributed by atoms with Crippen molar-refractivity contribution in [3.63, 3.8) is 0 Å². The van der Waals surface area contributed by atoms with Crippen LogP contribution in [-0.4, -0.2) is 13.2 Å². The van der Waals surface area contributed by atoms with Crippen molar-refractivity contribution in [2.75, 3.05) is 24.2 Å². The van der Waals surface area contributed by atoms with E-state index in [1.54, 1.807) is 6.07 Å². The van der Waals surface area contributed by atoms with Gasteiger partial charge in [0.05, 0.1) is 18.0 Å². The molecule has 4 heteroatoms. The van der Waals surface area contributed by atoms with Crippen molar-refractivity contribution in [3.8, 4) is 5.75 Å². The van der Waals surface area contributed by atoms with Crippen molar-refractivity contribution < 1.29 is 9.13 Å². The molecule has 100 valence electrons. The number of ether oxygens (including phenoxy) is 1. The van der Waals surface area contributed by atoms with E-state index in [1.807, 2.05) is 6.92 Å². The molecule has 2 rings (SSSR count). The maximum Gasteiger partial charge on any atom is 0.167 e. The molecule has 3 nitrogen and oxygen atoms in total. The molecule has 1 aliphatic carbocycles. The van der Waals surface area contributed by atoms with Crippen LogP contribution in [0.1, 0.15) is 33.1 Å². The summed E-state index contributed by atoms with van der Waals surface area (Å²) in [4.78, 5) is 0. The summed E-state index contributed by atoms with van der Waals surface area (Å²) in [6.45, 7) is 5.60. The quantitative estimate of drug-likeness (QED) is 0.763. The molecule has 0 amide bonds. The zero-order valence-corrected chi connectivity index (χ0v) is 11.1. The van der Waals surface area contributed by atoms with Crippen molar-refractivity contribution in [2.45, 2.75) is 33.1 Å². The second kappa shape index (κ2) is 5.04. The van der Waals surface area contributed by atoms with Gasteiger partial charge in [-0.2, -0.15) is 0 Å². The minimum absolute atomic E-state index is 0.273. The Morgan fingerprint density at radius 3 is 2.78 bits per heavy atom. The number of benzene rings is 1. The number of halogens is 1. The second-order valence-corrected chi connectivity index (χ2v) is 5.38. The molecule has 0 atom stereocenters. The van der Waals surface area contributed by atoms with Crippen LogP contribution in [0.2, 0.25) is 0 Å². The molecule has 0 heterocycles. The lowest BCUT2D eigenvalue weighted by Crippen LogP contribution is -2.13. The van der Waals surface area contributed by atoms with E-state index in [0.717, 1.165) is 18.7 Å². The Hall–Kier alpha value is -1.45. The van der Waals surface area contributed by atoms with Gasteiger partial charge in [-0.25, -0.2) is 4.39 Å². The number of hydrogen-bond donors (Lipinski definition) is 2. The Balaban J connectivity index is 2.07. The Bertz CT molecular complexity index is 430. The minimum atomic E-state index is -0.399. The Morgan fingerprint density at radius 2 is 2.17 bits per heavy atom. The van der Waals surface area contributed by atoms with Gasteiger partial charge in [0.15, 0.2) is 11.6 Å². The van der Waals surface area contributed by atoms with Crippen molar-refractivity contribution in [2.24, 2.45) is 5.41 Å². The monoisotopic (exact) mass is 252 g/mol. The van der Waals surface area contributed by atoms with Gasteiger partial charge < -0.3 is 15.8 Å². The van der Waals surface area contributed by atoms with Gasteiger partial charge >= 0.3 is 0 Å². The fraction of sp³-hybridized carbons (Fsp3) is 0.571. The van der Waals surface area contributed by atoms with Crippen LogP contribution in [0.15, 0.2) is 12.1 Å². The van der Waals surface area contributed by atoms with Crippen LogP contribution >= 0.6 is 0 Å². The fourth-order valence-electron chi connectivity index (χ4n) is 1.74. The first-order valence-corrected chi connectivity index (χ1v) is 6.50. The SMILES string of the molecule is CCCOc1cc(NCC2(C)CC2)c(N)cc1F. The predicted octanol–water partition coefficient (Wildman–Crippen LogP) is 3.41. The van der Waals surface area contributed by atoms with Gasteiger partial charge in [0.2, 0.25) is 0 Å².